The van der Waals surface area contributed by atoms with Crippen LogP contribution in [0.25, 0.3) is 0 Å². The molecule has 0 radical (unpaired) electrons. The Morgan fingerprint density at radius 2 is 1.76 bits per heavy atom. The van der Waals surface area contributed by atoms with E-state index in [1.165, 1.54) is 5.56 Å². The topological polar surface area (TPSA) is 86.9 Å². The van der Waals surface area contributed by atoms with E-state index in [-0.39, 0.29) is 18.2 Å². The Morgan fingerprint density at radius 3 is 2.40 bits per heavy atom. The smallest absolute Gasteiger partial charge is 0.251 e. The Labute approximate surface area is 148 Å². The zero-order valence-corrected chi connectivity index (χ0v) is 15.1. The standard InChI is InChI=1S/C19H26N4O2/c1-13-9-14(2)11-17(10-13)19(25)21-8-6-18(24)20-7-4-5-16-12-22-23-15(16)3/h9-12H,4-8H2,1-3H3,(H,20,24)(H,21,25)(H,22,23). The number of nitrogens with zero attached hydrogens (tertiary/aromatic N) is 1. The fourth-order valence-electron chi connectivity index (χ4n) is 2.72. The molecule has 1 heterocycles. The van der Waals surface area contributed by atoms with Crippen LogP contribution in [-0.4, -0.2) is 35.1 Å². The van der Waals surface area contributed by atoms with Crippen LogP contribution in [0.15, 0.2) is 24.4 Å². The highest BCUT2D eigenvalue weighted by Gasteiger charge is 2.08. The Morgan fingerprint density at radius 1 is 1.04 bits per heavy atom. The highest BCUT2D eigenvalue weighted by atomic mass is 16.2. The number of carbonyl (C=O) groups is 2. The van der Waals surface area contributed by atoms with Gasteiger partial charge < -0.3 is 10.6 Å². The van der Waals surface area contributed by atoms with Gasteiger partial charge in [0, 0.05) is 30.8 Å². The van der Waals surface area contributed by atoms with Gasteiger partial charge in [-0.2, -0.15) is 5.10 Å². The number of aromatic nitrogens is 2. The number of hydrogen-bond donors (Lipinski definition) is 3. The second-order valence-corrected chi connectivity index (χ2v) is 6.36. The van der Waals surface area contributed by atoms with Gasteiger partial charge in [-0.1, -0.05) is 17.2 Å². The number of benzene rings is 1. The number of nitrogens with one attached hydrogen (secondary N) is 3. The van der Waals surface area contributed by atoms with E-state index in [2.05, 4.69) is 20.8 Å². The van der Waals surface area contributed by atoms with Crippen LogP contribution in [0.5, 0.6) is 0 Å². The van der Waals surface area contributed by atoms with E-state index in [0.717, 1.165) is 29.7 Å². The van der Waals surface area contributed by atoms with E-state index in [9.17, 15) is 9.59 Å². The van der Waals surface area contributed by atoms with Gasteiger partial charge in [0.05, 0.1) is 6.20 Å². The van der Waals surface area contributed by atoms with E-state index >= 15 is 0 Å². The molecule has 0 aliphatic heterocycles. The first-order valence-electron chi connectivity index (χ1n) is 8.57. The number of rotatable bonds is 8. The summed E-state index contributed by atoms with van der Waals surface area (Å²) >= 11 is 0. The van der Waals surface area contributed by atoms with E-state index in [4.69, 9.17) is 0 Å². The molecule has 134 valence electrons. The molecule has 0 spiro atoms. The fourth-order valence-corrected chi connectivity index (χ4v) is 2.72. The Hall–Kier alpha value is -2.63. The molecule has 0 fully saturated rings. The fraction of sp³-hybridized carbons (Fsp3) is 0.421. The zero-order chi connectivity index (χ0) is 18.2. The highest BCUT2D eigenvalue weighted by Crippen LogP contribution is 2.08. The minimum absolute atomic E-state index is 0.0513. The molecule has 2 amide bonds. The number of aryl methyl sites for hydroxylation is 4. The Kier molecular flexibility index (Phi) is 6.74. The molecule has 0 saturated heterocycles. The molecule has 6 heteroatoms. The van der Waals surface area contributed by atoms with Gasteiger partial charge in [0.15, 0.2) is 0 Å². The molecule has 2 rings (SSSR count). The van der Waals surface area contributed by atoms with Crippen molar-refractivity contribution in [1.29, 1.82) is 0 Å². The van der Waals surface area contributed by atoms with E-state index in [0.29, 0.717) is 18.7 Å². The summed E-state index contributed by atoms with van der Waals surface area (Å²) in [5, 5.41) is 12.5. The average molecular weight is 342 g/mol. The molecular formula is C19H26N4O2. The number of amides is 2. The van der Waals surface area contributed by atoms with Crippen molar-refractivity contribution in [3.05, 3.63) is 52.3 Å². The molecule has 0 bridgehead atoms. The monoisotopic (exact) mass is 342 g/mol. The van der Waals surface area contributed by atoms with Gasteiger partial charge in [-0.3, -0.25) is 14.7 Å². The molecular weight excluding hydrogens is 316 g/mol. The van der Waals surface area contributed by atoms with Gasteiger partial charge >= 0.3 is 0 Å². The average Bonchev–Trinajstić information content (AvgIpc) is 2.95. The lowest BCUT2D eigenvalue weighted by Crippen LogP contribution is -2.31. The first kappa shape index (κ1) is 18.7. The van der Waals surface area contributed by atoms with Crippen LogP contribution in [-0.2, 0) is 11.2 Å². The van der Waals surface area contributed by atoms with Gasteiger partial charge in [0.2, 0.25) is 5.91 Å². The zero-order valence-electron chi connectivity index (χ0n) is 15.1. The predicted molar refractivity (Wildman–Crippen MR) is 97.5 cm³/mol. The van der Waals surface area contributed by atoms with Crippen molar-refractivity contribution in [2.45, 2.75) is 40.0 Å². The van der Waals surface area contributed by atoms with Gasteiger partial charge in [-0.25, -0.2) is 0 Å². The summed E-state index contributed by atoms with van der Waals surface area (Å²) < 4.78 is 0. The third-order valence-electron chi connectivity index (χ3n) is 4.00. The lowest BCUT2D eigenvalue weighted by Gasteiger charge is -2.08. The molecule has 0 aliphatic rings. The van der Waals surface area contributed by atoms with Crippen LogP contribution in [0.3, 0.4) is 0 Å². The summed E-state index contributed by atoms with van der Waals surface area (Å²) in [4.78, 5) is 23.9. The molecule has 0 aliphatic carbocycles. The first-order chi connectivity index (χ1) is 12.0. The van der Waals surface area contributed by atoms with E-state index in [1.807, 2.05) is 45.2 Å². The largest absolute Gasteiger partial charge is 0.356 e. The van der Waals surface area contributed by atoms with Gasteiger partial charge in [0.1, 0.15) is 0 Å². The number of H-pyrrole nitrogens is 1. The molecule has 25 heavy (non-hydrogen) atoms. The summed E-state index contributed by atoms with van der Waals surface area (Å²) in [6.07, 6.45) is 3.84. The lowest BCUT2D eigenvalue weighted by molar-refractivity contribution is -0.120. The van der Waals surface area contributed by atoms with Crippen molar-refractivity contribution in [3.8, 4) is 0 Å². The van der Waals surface area contributed by atoms with Crippen molar-refractivity contribution in [3.63, 3.8) is 0 Å². The van der Waals surface area contributed by atoms with Gasteiger partial charge in [0.25, 0.3) is 5.91 Å². The summed E-state index contributed by atoms with van der Waals surface area (Å²) in [6.45, 7) is 6.86. The normalized spacial score (nSPS) is 10.5. The maximum Gasteiger partial charge on any atom is 0.251 e. The Balaban J connectivity index is 1.63. The second-order valence-electron chi connectivity index (χ2n) is 6.36. The lowest BCUT2D eigenvalue weighted by atomic mass is 10.1. The van der Waals surface area contributed by atoms with Crippen molar-refractivity contribution >= 4 is 11.8 Å². The van der Waals surface area contributed by atoms with Crippen molar-refractivity contribution in [1.82, 2.24) is 20.8 Å². The third-order valence-corrected chi connectivity index (χ3v) is 4.00. The summed E-state index contributed by atoms with van der Waals surface area (Å²) in [5.74, 6) is -0.195. The van der Waals surface area contributed by atoms with Gasteiger partial charge in [-0.15, -0.1) is 0 Å². The van der Waals surface area contributed by atoms with Gasteiger partial charge in [-0.05, 0) is 51.3 Å². The molecule has 3 N–H and O–H groups in total. The molecule has 1 aromatic heterocycles. The van der Waals surface area contributed by atoms with Crippen LogP contribution in [0.4, 0.5) is 0 Å². The van der Waals surface area contributed by atoms with Crippen LogP contribution < -0.4 is 10.6 Å². The molecule has 6 nitrogen and oxygen atoms in total. The third kappa shape index (κ3) is 6.06. The van der Waals surface area contributed by atoms with Crippen LogP contribution in [0, 0.1) is 20.8 Å². The second kappa shape index (κ2) is 9.01. The van der Waals surface area contributed by atoms with Crippen molar-refractivity contribution in [2.75, 3.05) is 13.1 Å². The SMILES string of the molecule is Cc1cc(C)cc(C(=O)NCCC(=O)NCCCc2cn[nH]c2C)c1. The molecule has 0 unspecified atom stereocenters. The van der Waals surface area contributed by atoms with E-state index < -0.39 is 0 Å². The maximum absolute atomic E-state index is 12.1. The molecule has 0 saturated carbocycles. The molecule has 0 atom stereocenters. The number of carbonyl (C=O) groups excluding carboxylic acids is 2. The summed E-state index contributed by atoms with van der Waals surface area (Å²) in [7, 11) is 0. The molecule has 1 aromatic carbocycles. The Bertz CT molecular complexity index is 717. The summed E-state index contributed by atoms with van der Waals surface area (Å²) in [5.41, 5.74) is 4.98. The first-order valence-corrected chi connectivity index (χ1v) is 8.57. The number of hydrogen-bond acceptors (Lipinski definition) is 3. The van der Waals surface area contributed by atoms with Crippen LogP contribution in [0.1, 0.15) is 45.6 Å². The maximum atomic E-state index is 12.1. The van der Waals surface area contributed by atoms with Crippen LogP contribution >= 0.6 is 0 Å². The summed E-state index contributed by atoms with van der Waals surface area (Å²) in [6, 6.07) is 5.72. The van der Waals surface area contributed by atoms with Crippen molar-refractivity contribution < 1.29 is 9.59 Å². The van der Waals surface area contributed by atoms with E-state index in [1.54, 1.807) is 0 Å². The minimum atomic E-state index is -0.143. The predicted octanol–water partition coefficient (Wildman–Crippen LogP) is 2.20. The molecule has 2 aromatic rings. The quantitative estimate of drug-likeness (QED) is 0.643. The number of aromatic amines is 1. The van der Waals surface area contributed by atoms with Crippen LogP contribution in [0.2, 0.25) is 0 Å². The highest BCUT2D eigenvalue weighted by molar-refractivity contribution is 5.94. The van der Waals surface area contributed by atoms with Crippen molar-refractivity contribution in [2.24, 2.45) is 0 Å². The minimum Gasteiger partial charge on any atom is -0.356 e.